The van der Waals surface area contributed by atoms with E-state index in [-0.39, 0.29) is 57.0 Å². The second-order valence-corrected chi connectivity index (χ2v) is 19.1. The van der Waals surface area contributed by atoms with Gasteiger partial charge in [0, 0.05) is 32.2 Å². The van der Waals surface area contributed by atoms with Gasteiger partial charge in [-0.1, -0.05) is 45.0 Å². The highest BCUT2D eigenvalue weighted by Gasteiger charge is 2.52. The highest BCUT2D eigenvalue weighted by atomic mass is 32.1. The Balaban J connectivity index is 0.914. The van der Waals surface area contributed by atoms with E-state index >= 15 is 8.78 Å². The lowest BCUT2D eigenvalue weighted by molar-refractivity contribution is -0.144. The maximum atomic E-state index is 15.4. The van der Waals surface area contributed by atoms with E-state index in [0.29, 0.717) is 30.8 Å². The number of thiazole rings is 1. The van der Waals surface area contributed by atoms with Gasteiger partial charge in [0.2, 0.25) is 17.7 Å². The molecule has 6 rings (SSSR count). The minimum atomic E-state index is -5.25. The van der Waals surface area contributed by atoms with Crippen LogP contribution in [0.3, 0.4) is 0 Å². The summed E-state index contributed by atoms with van der Waals surface area (Å²) in [6.45, 7) is 10.7. The monoisotopic (exact) mass is 998 g/mol. The molecule has 2 aromatic heterocycles. The maximum Gasteiger partial charge on any atom is 0.420 e. The molecule has 2 aromatic carbocycles. The summed E-state index contributed by atoms with van der Waals surface area (Å²) in [5.74, 6) is -5.27. The van der Waals surface area contributed by atoms with Crippen LogP contribution in [0.25, 0.3) is 10.4 Å². The summed E-state index contributed by atoms with van der Waals surface area (Å²) in [6.07, 6.45) is -2.69. The standard InChI is InChI=1S/C47H51F5N8O7S2/c1-27-38(69-26-56-27)29-12-10-28(11-13-29)23-54-40(62)34-9-7-16-58(34)42(63)39(45(2,3)4)57-35(61)25-66-20-19-65-17-8-18-67-41-32(48)21-31(24-55-41)60-44(68)59(43(64)46(60,5)6)33-15-14-30(22-53)36(37(33)49)47(50,51)52/h10-15,21,24,26,34,39H,7-9,16-20,23,25H2,1-6H3,(H,54,62)(H,57,61)/t34-,39+/m0/s1. The van der Waals surface area contributed by atoms with Crippen molar-refractivity contribution in [3.05, 3.63) is 88.2 Å². The topological polar surface area (TPSA) is 179 Å². The number of carbonyl (C=O) groups is 4. The first-order chi connectivity index (χ1) is 32.6. The molecule has 0 bridgehead atoms. The molecule has 4 aromatic rings. The zero-order valence-electron chi connectivity index (χ0n) is 38.7. The molecule has 0 radical (unpaired) electrons. The van der Waals surface area contributed by atoms with Gasteiger partial charge in [-0.25, -0.2) is 18.7 Å². The number of aromatic nitrogens is 2. The van der Waals surface area contributed by atoms with Crippen LogP contribution in [0.4, 0.5) is 33.3 Å². The fourth-order valence-electron chi connectivity index (χ4n) is 7.89. The number of pyridine rings is 1. The number of ether oxygens (including phenoxy) is 3. The van der Waals surface area contributed by atoms with Gasteiger partial charge in [0.15, 0.2) is 16.7 Å². The Morgan fingerprint density at radius 3 is 2.38 bits per heavy atom. The number of carbonyl (C=O) groups excluding carboxylic acids is 4. The molecule has 2 saturated heterocycles. The van der Waals surface area contributed by atoms with Crippen molar-refractivity contribution < 1.29 is 55.3 Å². The smallest absolute Gasteiger partial charge is 0.420 e. The molecule has 0 aliphatic carbocycles. The number of likely N-dealkylation sites (tertiary alicyclic amines) is 1. The normalized spacial score (nSPS) is 16.4. The summed E-state index contributed by atoms with van der Waals surface area (Å²) >= 11 is 6.96. The molecular formula is C47H51F5N8O7S2. The Labute approximate surface area is 404 Å². The van der Waals surface area contributed by atoms with Gasteiger partial charge in [-0.2, -0.15) is 18.4 Å². The second kappa shape index (κ2) is 21.6. The van der Waals surface area contributed by atoms with Crippen LogP contribution in [0.5, 0.6) is 5.88 Å². The van der Waals surface area contributed by atoms with Crippen molar-refractivity contribution in [2.45, 2.75) is 91.1 Å². The molecular weight excluding hydrogens is 948 g/mol. The van der Waals surface area contributed by atoms with E-state index in [2.05, 4.69) is 20.6 Å². The van der Waals surface area contributed by atoms with Crippen molar-refractivity contribution in [3.63, 3.8) is 0 Å². The number of nitrogens with zero attached hydrogens (tertiary/aromatic N) is 6. The van der Waals surface area contributed by atoms with Crippen LogP contribution in [0.1, 0.15) is 76.3 Å². The number of rotatable bonds is 18. The van der Waals surface area contributed by atoms with Gasteiger partial charge in [-0.3, -0.25) is 24.1 Å². The number of alkyl halides is 3. The van der Waals surface area contributed by atoms with Crippen LogP contribution in [-0.2, 0) is 41.4 Å². The lowest BCUT2D eigenvalue weighted by Gasteiger charge is -2.35. The van der Waals surface area contributed by atoms with Crippen LogP contribution >= 0.6 is 23.6 Å². The molecule has 368 valence electrons. The fraction of sp³-hybridized carbons (Fsp3) is 0.447. The number of amides is 4. The zero-order chi connectivity index (χ0) is 50.4. The van der Waals surface area contributed by atoms with Gasteiger partial charge < -0.3 is 34.6 Å². The first kappa shape index (κ1) is 52.2. The molecule has 15 nitrogen and oxygen atoms in total. The minimum absolute atomic E-state index is 0.0320. The number of thiocarbonyl (C=S) groups is 1. The predicted molar refractivity (Wildman–Crippen MR) is 249 cm³/mol. The number of nitrogens with one attached hydrogen (secondary N) is 2. The van der Waals surface area contributed by atoms with Crippen LogP contribution in [0.2, 0.25) is 0 Å². The third-order valence-electron chi connectivity index (χ3n) is 11.4. The Morgan fingerprint density at radius 2 is 1.74 bits per heavy atom. The summed E-state index contributed by atoms with van der Waals surface area (Å²) < 4.78 is 88.3. The van der Waals surface area contributed by atoms with E-state index in [1.165, 1.54) is 24.8 Å². The van der Waals surface area contributed by atoms with E-state index in [4.69, 9.17) is 31.7 Å². The van der Waals surface area contributed by atoms with Crippen molar-refractivity contribution in [2.75, 3.05) is 49.4 Å². The van der Waals surface area contributed by atoms with Crippen LogP contribution in [0.15, 0.2) is 54.2 Å². The SMILES string of the molecule is Cc1ncsc1-c1ccc(CNC(=O)[C@@H]2CCCN2C(=O)[C@@H](NC(=O)COCCOCCCOc2ncc(N3C(=S)N(c4ccc(C#N)c(C(F)(F)F)c4F)C(=O)C3(C)C)cc2F)C(C)(C)C)cc1. The van der Waals surface area contributed by atoms with Crippen molar-refractivity contribution in [2.24, 2.45) is 5.41 Å². The van der Waals surface area contributed by atoms with Gasteiger partial charge in [0.25, 0.3) is 11.8 Å². The largest absolute Gasteiger partial charge is 0.476 e. The summed E-state index contributed by atoms with van der Waals surface area (Å²) in [5, 5.41) is 14.4. The second-order valence-electron chi connectivity index (χ2n) is 17.8. The number of hydrogen-bond acceptors (Lipinski definition) is 12. The van der Waals surface area contributed by atoms with Gasteiger partial charge in [0.1, 0.15) is 29.8 Å². The minimum Gasteiger partial charge on any atom is -0.476 e. The molecule has 4 amide bonds. The van der Waals surface area contributed by atoms with E-state index in [9.17, 15) is 32.3 Å². The van der Waals surface area contributed by atoms with Gasteiger partial charge in [0.05, 0.1) is 65.1 Å². The third-order valence-corrected chi connectivity index (χ3v) is 12.8. The quantitative estimate of drug-likeness (QED) is 0.0581. The Kier molecular flexibility index (Phi) is 16.4. The lowest BCUT2D eigenvalue weighted by atomic mass is 9.85. The van der Waals surface area contributed by atoms with E-state index < -0.39 is 80.5 Å². The number of anilines is 2. The number of benzene rings is 2. The van der Waals surface area contributed by atoms with E-state index in [1.807, 2.05) is 52.0 Å². The van der Waals surface area contributed by atoms with E-state index in [0.717, 1.165) is 51.0 Å². The highest BCUT2D eigenvalue weighted by molar-refractivity contribution is 7.81. The molecule has 2 aliphatic heterocycles. The summed E-state index contributed by atoms with van der Waals surface area (Å²) in [7, 11) is 0. The van der Waals surface area contributed by atoms with Crippen molar-refractivity contribution in [1.82, 2.24) is 25.5 Å². The lowest BCUT2D eigenvalue weighted by Crippen LogP contribution is -2.58. The molecule has 0 saturated carbocycles. The molecule has 2 atom stereocenters. The van der Waals surface area contributed by atoms with Crippen LogP contribution in [0, 0.1) is 35.3 Å². The molecule has 2 fully saturated rings. The summed E-state index contributed by atoms with van der Waals surface area (Å²) in [6, 6.07) is 10.1. The van der Waals surface area contributed by atoms with Crippen molar-refractivity contribution in [1.29, 1.82) is 5.26 Å². The number of hydrogen-bond donors (Lipinski definition) is 2. The molecule has 0 spiro atoms. The predicted octanol–water partition coefficient (Wildman–Crippen LogP) is 7.24. The van der Waals surface area contributed by atoms with Gasteiger partial charge >= 0.3 is 6.18 Å². The molecule has 22 heteroatoms. The Bertz CT molecular complexity index is 2620. The number of halogens is 5. The van der Waals surface area contributed by atoms with Crippen LogP contribution in [-0.4, -0.2) is 101 Å². The molecule has 69 heavy (non-hydrogen) atoms. The Morgan fingerprint density at radius 1 is 1.03 bits per heavy atom. The summed E-state index contributed by atoms with van der Waals surface area (Å²) in [5.41, 5.74) is -1.32. The zero-order valence-corrected chi connectivity index (χ0v) is 40.3. The summed E-state index contributed by atoms with van der Waals surface area (Å²) in [4.78, 5) is 66.3. The molecule has 0 unspecified atom stereocenters. The van der Waals surface area contributed by atoms with Crippen molar-refractivity contribution >= 4 is 63.7 Å². The van der Waals surface area contributed by atoms with Gasteiger partial charge in [-0.05, 0) is 74.5 Å². The first-order valence-electron chi connectivity index (χ1n) is 21.9. The highest BCUT2D eigenvalue weighted by Crippen LogP contribution is 2.42. The molecule has 2 aliphatic rings. The fourth-order valence-corrected chi connectivity index (χ4v) is 9.21. The number of nitriles is 1. The first-order valence-corrected chi connectivity index (χ1v) is 23.1. The Hall–Kier alpha value is -6.15. The maximum absolute atomic E-state index is 15.4. The number of aryl methyl sites for hydroxylation is 1. The molecule has 4 heterocycles. The average Bonchev–Trinajstić information content (AvgIpc) is 4.00. The molecule has 2 N–H and O–H groups in total. The average molecular weight is 999 g/mol. The van der Waals surface area contributed by atoms with E-state index in [1.54, 1.807) is 16.8 Å². The van der Waals surface area contributed by atoms with Gasteiger partial charge in [-0.15, -0.1) is 11.3 Å². The third kappa shape index (κ3) is 11.8. The van der Waals surface area contributed by atoms with Crippen LogP contribution < -0.4 is 25.2 Å². The van der Waals surface area contributed by atoms with Crippen molar-refractivity contribution in [3.8, 4) is 22.4 Å².